The van der Waals surface area contributed by atoms with E-state index >= 15 is 0 Å². The van der Waals surface area contributed by atoms with Gasteiger partial charge in [0.25, 0.3) is 0 Å². The zero-order chi connectivity index (χ0) is 8.55. The largest absolute Gasteiger partial charge is 0.329 e. The molecule has 0 bridgehead atoms. The van der Waals surface area contributed by atoms with Crippen LogP contribution >= 0.6 is 0 Å². The number of hydrogen-bond donors (Lipinski definition) is 0. The summed E-state index contributed by atoms with van der Waals surface area (Å²) in [4.78, 5) is 17.1. The lowest BCUT2D eigenvalue weighted by atomic mass is 10.6. The molecule has 0 N–H and O–H groups in total. The first-order valence-corrected chi connectivity index (χ1v) is 4.04. The van der Waals surface area contributed by atoms with Crippen molar-refractivity contribution in [3.05, 3.63) is 18.7 Å². The number of hydrogen-bond acceptors (Lipinski definition) is 2. The maximum atomic E-state index is 11.5. The van der Waals surface area contributed by atoms with E-state index < -0.39 is 0 Å². The Labute approximate surface area is 70.8 Å². The summed E-state index contributed by atoms with van der Waals surface area (Å²) in [7, 11) is 1.83. The average molecular weight is 165 g/mol. The van der Waals surface area contributed by atoms with Gasteiger partial charge in [-0.25, -0.2) is 9.78 Å². The second kappa shape index (κ2) is 2.62. The molecule has 1 aromatic heterocycles. The van der Waals surface area contributed by atoms with Crippen molar-refractivity contribution in [1.82, 2.24) is 14.5 Å². The van der Waals surface area contributed by atoms with Gasteiger partial charge in [-0.15, -0.1) is 0 Å². The molecule has 0 radical (unpaired) electrons. The van der Waals surface area contributed by atoms with Crippen LogP contribution in [0.3, 0.4) is 0 Å². The highest BCUT2D eigenvalue weighted by molar-refractivity contribution is 5.76. The van der Waals surface area contributed by atoms with Crippen molar-refractivity contribution in [3.63, 3.8) is 0 Å². The lowest BCUT2D eigenvalue weighted by Gasteiger charge is -2.15. The number of carbonyl (C=O) groups is 1. The molecule has 0 aromatic carbocycles. The zero-order valence-corrected chi connectivity index (χ0v) is 6.97. The van der Waals surface area contributed by atoms with Gasteiger partial charge >= 0.3 is 6.03 Å². The fourth-order valence-corrected chi connectivity index (χ4v) is 1.17. The molecule has 0 atom stereocenters. The summed E-state index contributed by atoms with van der Waals surface area (Å²) in [5.41, 5.74) is 0. The smallest absolute Gasteiger partial charge is 0.324 e. The normalized spacial score (nSPS) is 16.1. The molecule has 1 aromatic rings. The quantitative estimate of drug-likeness (QED) is 0.621. The van der Waals surface area contributed by atoms with E-state index in [9.17, 15) is 4.79 Å². The van der Waals surface area contributed by atoms with Crippen LogP contribution in [0, 0.1) is 0 Å². The lowest BCUT2D eigenvalue weighted by molar-refractivity contribution is 0.208. The maximum absolute atomic E-state index is 11.5. The molecule has 1 amide bonds. The Morgan fingerprint density at radius 3 is 2.92 bits per heavy atom. The summed E-state index contributed by atoms with van der Waals surface area (Å²) in [6.07, 6.45) is 7.08. The van der Waals surface area contributed by atoms with Gasteiger partial charge in [0.1, 0.15) is 6.33 Å². The first-order chi connectivity index (χ1) is 5.79. The number of carbonyl (C=O) groups excluding carboxylic acids is 1. The minimum Gasteiger partial charge on any atom is -0.324 e. The summed E-state index contributed by atoms with van der Waals surface area (Å²) in [6.45, 7) is 0. The fraction of sp³-hybridized carbons (Fsp3) is 0.500. The Morgan fingerprint density at radius 2 is 2.42 bits per heavy atom. The Morgan fingerprint density at radius 1 is 1.67 bits per heavy atom. The molecule has 1 heterocycles. The predicted octanol–water partition coefficient (Wildman–Crippen LogP) is 0.945. The van der Waals surface area contributed by atoms with Crippen molar-refractivity contribution in [1.29, 1.82) is 0 Å². The minimum atomic E-state index is 0.00926. The third kappa shape index (κ3) is 1.20. The topological polar surface area (TPSA) is 38.1 Å². The van der Waals surface area contributed by atoms with Crippen LogP contribution in [0.15, 0.2) is 18.7 Å². The molecule has 0 saturated heterocycles. The summed E-state index contributed by atoms with van der Waals surface area (Å²) in [5.74, 6) is 0. The third-order valence-corrected chi connectivity index (χ3v) is 2.12. The Hall–Kier alpha value is -1.32. The van der Waals surface area contributed by atoms with E-state index in [4.69, 9.17) is 0 Å². The van der Waals surface area contributed by atoms with Crippen molar-refractivity contribution in [3.8, 4) is 0 Å². The van der Waals surface area contributed by atoms with Crippen molar-refractivity contribution >= 4 is 6.03 Å². The van der Waals surface area contributed by atoms with Crippen LogP contribution in [0.1, 0.15) is 12.8 Å². The Balaban J connectivity index is 2.09. The van der Waals surface area contributed by atoms with Crippen molar-refractivity contribution in [2.24, 2.45) is 0 Å². The molecule has 1 fully saturated rings. The van der Waals surface area contributed by atoms with Crippen molar-refractivity contribution in [2.45, 2.75) is 18.9 Å². The Bertz CT molecular complexity index is 277. The van der Waals surface area contributed by atoms with Gasteiger partial charge in [0.15, 0.2) is 0 Å². The molecule has 0 aliphatic heterocycles. The predicted molar refractivity (Wildman–Crippen MR) is 43.8 cm³/mol. The Kier molecular flexibility index (Phi) is 1.60. The fourth-order valence-electron chi connectivity index (χ4n) is 1.17. The van der Waals surface area contributed by atoms with E-state index in [1.165, 1.54) is 10.9 Å². The zero-order valence-electron chi connectivity index (χ0n) is 6.97. The SMILES string of the molecule is CN(C(=O)n1ccnc1)C1CC1. The number of aromatic nitrogens is 2. The van der Waals surface area contributed by atoms with Crippen LogP contribution in [0.5, 0.6) is 0 Å². The molecule has 64 valence electrons. The van der Waals surface area contributed by atoms with E-state index in [1.54, 1.807) is 17.3 Å². The van der Waals surface area contributed by atoms with Gasteiger partial charge in [-0.2, -0.15) is 0 Å². The summed E-state index contributed by atoms with van der Waals surface area (Å²) < 4.78 is 1.50. The second-order valence-electron chi connectivity index (χ2n) is 3.09. The molecule has 1 aliphatic rings. The minimum absolute atomic E-state index is 0.00926. The molecule has 0 unspecified atom stereocenters. The van der Waals surface area contributed by atoms with Gasteiger partial charge in [0, 0.05) is 25.5 Å². The van der Waals surface area contributed by atoms with Crippen LogP contribution in [0.4, 0.5) is 4.79 Å². The molecular weight excluding hydrogens is 154 g/mol. The van der Waals surface area contributed by atoms with Crippen LogP contribution in [0.25, 0.3) is 0 Å². The van der Waals surface area contributed by atoms with E-state index in [0.29, 0.717) is 6.04 Å². The second-order valence-corrected chi connectivity index (χ2v) is 3.09. The monoisotopic (exact) mass is 165 g/mol. The van der Waals surface area contributed by atoms with Gasteiger partial charge in [-0.1, -0.05) is 0 Å². The number of rotatable bonds is 1. The van der Waals surface area contributed by atoms with Gasteiger partial charge in [-0.05, 0) is 12.8 Å². The molecular formula is C8H11N3O. The average Bonchev–Trinajstić information content (AvgIpc) is 2.79. The first kappa shape index (κ1) is 7.34. The summed E-state index contributed by atoms with van der Waals surface area (Å²) >= 11 is 0. The van der Waals surface area contributed by atoms with Crippen LogP contribution < -0.4 is 0 Å². The first-order valence-electron chi connectivity index (χ1n) is 4.04. The molecule has 4 heteroatoms. The van der Waals surface area contributed by atoms with Crippen LogP contribution in [-0.2, 0) is 0 Å². The molecule has 4 nitrogen and oxygen atoms in total. The molecule has 1 saturated carbocycles. The summed E-state index contributed by atoms with van der Waals surface area (Å²) in [5, 5.41) is 0. The maximum Gasteiger partial charge on any atom is 0.329 e. The highest BCUT2D eigenvalue weighted by Gasteiger charge is 2.29. The van der Waals surface area contributed by atoms with Gasteiger partial charge < -0.3 is 4.90 Å². The molecule has 0 spiro atoms. The summed E-state index contributed by atoms with van der Waals surface area (Å²) in [6, 6.07) is 0.468. The molecule has 12 heavy (non-hydrogen) atoms. The van der Waals surface area contributed by atoms with Gasteiger partial charge in [0.05, 0.1) is 0 Å². The molecule has 2 rings (SSSR count). The van der Waals surface area contributed by atoms with Gasteiger partial charge in [0.2, 0.25) is 0 Å². The standard InChI is InChI=1S/C8H11N3O/c1-10(7-2-3-7)8(12)11-5-4-9-6-11/h4-7H,2-3H2,1H3. The van der Waals surface area contributed by atoms with Crippen molar-refractivity contribution in [2.75, 3.05) is 7.05 Å². The number of amides is 1. The number of imidazole rings is 1. The highest BCUT2D eigenvalue weighted by Crippen LogP contribution is 2.25. The van der Waals surface area contributed by atoms with Crippen LogP contribution in [-0.4, -0.2) is 33.6 Å². The van der Waals surface area contributed by atoms with E-state index in [0.717, 1.165) is 12.8 Å². The number of nitrogens with zero attached hydrogens (tertiary/aromatic N) is 3. The van der Waals surface area contributed by atoms with E-state index in [-0.39, 0.29) is 6.03 Å². The van der Waals surface area contributed by atoms with Gasteiger partial charge in [-0.3, -0.25) is 4.57 Å². The molecule has 1 aliphatic carbocycles. The van der Waals surface area contributed by atoms with E-state index in [2.05, 4.69) is 4.98 Å². The van der Waals surface area contributed by atoms with Crippen molar-refractivity contribution < 1.29 is 4.79 Å². The third-order valence-electron chi connectivity index (χ3n) is 2.12. The highest BCUT2D eigenvalue weighted by atomic mass is 16.2. The van der Waals surface area contributed by atoms with Crippen LogP contribution in [0.2, 0.25) is 0 Å². The van der Waals surface area contributed by atoms with E-state index in [1.807, 2.05) is 7.05 Å². The lowest BCUT2D eigenvalue weighted by Crippen LogP contribution is -2.32.